The molecule has 1 saturated heterocycles. The lowest BCUT2D eigenvalue weighted by atomic mass is 9.99. The number of hydrogen-bond donors (Lipinski definition) is 2. The number of carbonyl (C=O) groups excluding carboxylic acids is 2. The van der Waals surface area contributed by atoms with Gasteiger partial charge in [-0.1, -0.05) is 42.5 Å². The summed E-state index contributed by atoms with van der Waals surface area (Å²) in [7, 11) is 0. The number of benzene rings is 3. The molecule has 0 atom stereocenters. The first kappa shape index (κ1) is 27.6. The van der Waals surface area contributed by atoms with Gasteiger partial charge < -0.3 is 15.0 Å². The number of piperidine rings is 1. The summed E-state index contributed by atoms with van der Waals surface area (Å²) in [6, 6.07) is 25.5. The van der Waals surface area contributed by atoms with Crippen molar-refractivity contribution in [1.29, 1.82) is 0 Å². The normalized spacial score (nSPS) is 13.0. The summed E-state index contributed by atoms with van der Waals surface area (Å²) >= 11 is 0. The van der Waals surface area contributed by atoms with Crippen LogP contribution in [0.2, 0.25) is 0 Å². The first-order valence-corrected chi connectivity index (χ1v) is 13.8. The Hall–Kier alpha value is -4.93. The molecular weight excluding hydrogens is 512 g/mol. The van der Waals surface area contributed by atoms with Crippen LogP contribution in [0.25, 0.3) is 11.1 Å². The van der Waals surface area contributed by atoms with Crippen molar-refractivity contribution in [2.45, 2.75) is 19.3 Å². The van der Waals surface area contributed by atoms with Crippen molar-refractivity contribution in [2.75, 3.05) is 31.5 Å². The Morgan fingerprint density at radius 2 is 1.61 bits per heavy atom. The standard InChI is InChI=1S/C34H32N4O3/c39-33(36-21-24-38-22-5-2-6-23-38)28-12-9-26(10-13-28)11-14-29-25-30(15-16-32(29)27-17-19-35-20-18-27)37-34(40)41-31-7-3-1-4-8-31/h1,3-4,7-10,12-13,15-20,25H,2,5-6,21-24H2,(H,36,39)(H,37,40). The van der Waals surface area contributed by atoms with Gasteiger partial charge in [0.1, 0.15) is 5.75 Å². The molecule has 7 nitrogen and oxygen atoms in total. The molecule has 7 heteroatoms. The van der Waals surface area contributed by atoms with Gasteiger partial charge in [0.25, 0.3) is 5.91 Å². The lowest BCUT2D eigenvalue weighted by molar-refractivity contribution is 0.0946. The van der Waals surface area contributed by atoms with E-state index in [-0.39, 0.29) is 5.91 Å². The number of likely N-dealkylation sites (tertiary alicyclic amines) is 1. The fourth-order valence-corrected chi connectivity index (χ4v) is 4.70. The van der Waals surface area contributed by atoms with E-state index in [0.29, 0.717) is 23.5 Å². The van der Waals surface area contributed by atoms with E-state index in [9.17, 15) is 9.59 Å². The summed E-state index contributed by atoms with van der Waals surface area (Å²) in [6.45, 7) is 3.75. The van der Waals surface area contributed by atoms with Crippen molar-refractivity contribution in [3.8, 4) is 28.7 Å². The van der Waals surface area contributed by atoms with E-state index in [4.69, 9.17) is 4.74 Å². The van der Waals surface area contributed by atoms with E-state index in [1.54, 1.807) is 48.8 Å². The Balaban J connectivity index is 1.28. The minimum Gasteiger partial charge on any atom is -0.410 e. The molecule has 1 fully saturated rings. The molecule has 0 aliphatic carbocycles. The molecule has 2 N–H and O–H groups in total. The van der Waals surface area contributed by atoms with Crippen molar-refractivity contribution < 1.29 is 14.3 Å². The molecule has 0 radical (unpaired) electrons. The van der Waals surface area contributed by atoms with Gasteiger partial charge in [-0.2, -0.15) is 0 Å². The quantitative estimate of drug-likeness (QED) is 0.280. The summed E-state index contributed by atoms with van der Waals surface area (Å²) in [5.41, 5.74) is 4.54. The van der Waals surface area contributed by atoms with Gasteiger partial charge in [0.15, 0.2) is 0 Å². The number of nitrogens with one attached hydrogen (secondary N) is 2. The van der Waals surface area contributed by atoms with Crippen LogP contribution in [0.1, 0.15) is 40.7 Å². The molecule has 0 unspecified atom stereocenters. The summed E-state index contributed by atoms with van der Waals surface area (Å²) in [5, 5.41) is 5.80. The number of hydrogen-bond acceptors (Lipinski definition) is 5. The summed E-state index contributed by atoms with van der Waals surface area (Å²) in [5.74, 6) is 6.81. The number of nitrogens with zero attached hydrogens (tertiary/aromatic N) is 2. The predicted molar refractivity (Wildman–Crippen MR) is 161 cm³/mol. The van der Waals surface area contributed by atoms with Crippen molar-refractivity contribution in [3.63, 3.8) is 0 Å². The van der Waals surface area contributed by atoms with Crippen LogP contribution in [0, 0.1) is 11.8 Å². The van der Waals surface area contributed by atoms with E-state index < -0.39 is 6.09 Å². The van der Waals surface area contributed by atoms with Crippen LogP contribution in [0.5, 0.6) is 5.75 Å². The summed E-state index contributed by atoms with van der Waals surface area (Å²) in [6.07, 6.45) is 6.65. The molecule has 4 aromatic rings. The highest BCUT2D eigenvalue weighted by atomic mass is 16.6. The number of para-hydroxylation sites is 1. The molecule has 2 amide bonds. The number of anilines is 1. The topological polar surface area (TPSA) is 83.6 Å². The van der Waals surface area contributed by atoms with Crippen molar-refractivity contribution in [3.05, 3.63) is 114 Å². The van der Waals surface area contributed by atoms with Crippen LogP contribution in [-0.4, -0.2) is 48.1 Å². The zero-order valence-electron chi connectivity index (χ0n) is 22.8. The summed E-state index contributed by atoms with van der Waals surface area (Å²) in [4.78, 5) is 31.6. The largest absolute Gasteiger partial charge is 0.417 e. The van der Waals surface area contributed by atoms with Crippen molar-refractivity contribution in [1.82, 2.24) is 15.2 Å². The second-order valence-electron chi connectivity index (χ2n) is 9.81. The molecule has 41 heavy (non-hydrogen) atoms. The number of aromatic nitrogens is 1. The molecule has 0 bridgehead atoms. The smallest absolute Gasteiger partial charge is 0.410 e. The average Bonchev–Trinajstić information content (AvgIpc) is 3.02. The van der Waals surface area contributed by atoms with E-state index in [2.05, 4.69) is 32.4 Å². The number of carbonyl (C=O) groups is 2. The highest BCUT2D eigenvalue weighted by Crippen LogP contribution is 2.26. The maximum Gasteiger partial charge on any atom is 0.417 e. The lowest BCUT2D eigenvalue weighted by Crippen LogP contribution is -2.37. The minimum absolute atomic E-state index is 0.0809. The Labute approximate surface area is 240 Å². The van der Waals surface area contributed by atoms with E-state index in [1.165, 1.54) is 19.3 Å². The lowest BCUT2D eigenvalue weighted by Gasteiger charge is -2.26. The Morgan fingerprint density at radius 1 is 0.854 bits per heavy atom. The van der Waals surface area contributed by atoms with Gasteiger partial charge in [0.05, 0.1) is 0 Å². The Morgan fingerprint density at radius 3 is 2.37 bits per heavy atom. The highest BCUT2D eigenvalue weighted by molar-refractivity contribution is 5.94. The van der Waals surface area contributed by atoms with Gasteiger partial charge in [-0.05, 0) is 97.7 Å². The van der Waals surface area contributed by atoms with Crippen LogP contribution in [-0.2, 0) is 0 Å². The van der Waals surface area contributed by atoms with Gasteiger partial charge in [-0.15, -0.1) is 0 Å². The van der Waals surface area contributed by atoms with E-state index in [0.717, 1.165) is 41.9 Å². The molecule has 1 aliphatic heterocycles. The highest BCUT2D eigenvalue weighted by Gasteiger charge is 2.11. The first-order chi connectivity index (χ1) is 20.1. The number of ether oxygens (including phenoxy) is 1. The molecule has 3 aromatic carbocycles. The van der Waals surface area contributed by atoms with Crippen LogP contribution in [0.15, 0.2) is 97.3 Å². The molecule has 0 saturated carbocycles. The van der Waals surface area contributed by atoms with Crippen LogP contribution >= 0.6 is 0 Å². The third-order valence-electron chi connectivity index (χ3n) is 6.86. The van der Waals surface area contributed by atoms with Crippen LogP contribution in [0.4, 0.5) is 10.5 Å². The Bertz CT molecular complexity index is 1520. The zero-order valence-corrected chi connectivity index (χ0v) is 22.8. The maximum absolute atomic E-state index is 12.6. The van der Waals surface area contributed by atoms with Crippen LogP contribution < -0.4 is 15.4 Å². The number of amides is 2. The molecular formula is C34H32N4O3. The third kappa shape index (κ3) is 8.04. The molecule has 1 aliphatic rings. The zero-order chi connectivity index (χ0) is 28.3. The van der Waals surface area contributed by atoms with Gasteiger partial charge in [-0.25, -0.2) is 4.79 Å². The average molecular weight is 545 g/mol. The van der Waals surface area contributed by atoms with Crippen molar-refractivity contribution in [2.24, 2.45) is 0 Å². The maximum atomic E-state index is 12.6. The van der Waals surface area contributed by atoms with Crippen LogP contribution in [0.3, 0.4) is 0 Å². The monoisotopic (exact) mass is 544 g/mol. The van der Waals surface area contributed by atoms with Crippen molar-refractivity contribution >= 4 is 17.7 Å². The summed E-state index contributed by atoms with van der Waals surface area (Å²) < 4.78 is 5.36. The predicted octanol–water partition coefficient (Wildman–Crippen LogP) is 5.98. The molecule has 0 spiro atoms. The fraction of sp³-hybridized carbons (Fsp3) is 0.206. The minimum atomic E-state index is -0.587. The van der Waals surface area contributed by atoms with E-state index in [1.807, 2.05) is 48.5 Å². The molecule has 5 rings (SSSR count). The fourth-order valence-electron chi connectivity index (χ4n) is 4.70. The SMILES string of the molecule is O=C(Nc1ccc(-c2ccncc2)c(C#Cc2ccc(C(=O)NCCN3CCCCC3)cc2)c1)Oc1ccccc1. The van der Waals surface area contributed by atoms with E-state index >= 15 is 0 Å². The second kappa shape index (κ2) is 13.9. The Kier molecular flexibility index (Phi) is 9.38. The van der Waals surface area contributed by atoms with Gasteiger partial charge in [-0.3, -0.25) is 15.1 Å². The third-order valence-corrected chi connectivity index (χ3v) is 6.86. The number of rotatable bonds is 7. The second-order valence-corrected chi connectivity index (χ2v) is 9.81. The van der Waals surface area contributed by atoms with Gasteiger partial charge >= 0.3 is 6.09 Å². The molecule has 206 valence electrons. The van der Waals surface area contributed by atoms with Gasteiger partial charge in [0.2, 0.25) is 0 Å². The first-order valence-electron chi connectivity index (χ1n) is 13.8. The number of pyridine rings is 1. The molecule has 2 heterocycles. The van der Waals surface area contributed by atoms with Gasteiger partial charge in [0, 0.05) is 47.9 Å². The molecule has 1 aromatic heterocycles.